The summed E-state index contributed by atoms with van der Waals surface area (Å²) in [7, 11) is 0. The van der Waals surface area contributed by atoms with Crippen molar-refractivity contribution in [2.24, 2.45) is 0 Å². The first kappa shape index (κ1) is 9.73. The Morgan fingerprint density at radius 2 is 2.46 bits per heavy atom. The summed E-state index contributed by atoms with van der Waals surface area (Å²) in [6.45, 7) is 2.08. The molecule has 0 bridgehead atoms. The van der Waals surface area contributed by atoms with Gasteiger partial charge in [-0.1, -0.05) is 0 Å². The molecule has 1 heterocycles. The monoisotopic (exact) mass is 184 g/mol. The first-order chi connectivity index (χ1) is 6.09. The molecule has 1 aromatic rings. The third-order valence-electron chi connectivity index (χ3n) is 1.74. The fourth-order valence-electron chi connectivity index (χ4n) is 1.09. The number of hydrogen-bond donors (Lipinski definition) is 2. The van der Waals surface area contributed by atoms with Crippen LogP contribution in [0.2, 0.25) is 0 Å². The smallest absolute Gasteiger partial charge is 0.306 e. The van der Waals surface area contributed by atoms with Crippen molar-refractivity contribution in [3.05, 3.63) is 18.2 Å². The van der Waals surface area contributed by atoms with Crippen molar-refractivity contribution in [2.45, 2.75) is 26.0 Å². The van der Waals surface area contributed by atoms with Gasteiger partial charge in [-0.25, -0.2) is 4.98 Å². The van der Waals surface area contributed by atoms with Crippen LogP contribution < -0.4 is 0 Å². The van der Waals surface area contributed by atoms with Gasteiger partial charge in [0.2, 0.25) is 0 Å². The van der Waals surface area contributed by atoms with Crippen LogP contribution in [0.3, 0.4) is 0 Å². The zero-order chi connectivity index (χ0) is 9.84. The van der Waals surface area contributed by atoms with E-state index in [1.807, 2.05) is 0 Å². The molecule has 0 aliphatic heterocycles. The minimum absolute atomic E-state index is 0.238. The Kier molecular flexibility index (Phi) is 3.02. The fraction of sp³-hybridized carbons (Fsp3) is 0.500. The van der Waals surface area contributed by atoms with Crippen LogP contribution >= 0.6 is 0 Å². The van der Waals surface area contributed by atoms with Gasteiger partial charge in [-0.3, -0.25) is 4.79 Å². The standard InChI is InChI=1S/C8H12N2O3/c1-6-9-2-3-10(6)5-7(11)4-8(12)13/h2-3,7,11H,4-5H2,1H3,(H,12,13). The zero-order valence-corrected chi connectivity index (χ0v) is 7.34. The van der Waals surface area contributed by atoms with Gasteiger partial charge in [0.25, 0.3) is 0 Å². The van der Waals surface area contributed by atoms with E-state index in [0.29, 0.717) is 0 Å². The molecule has 1 atom stereocenters. The van der Waals surface area contributed by atoms with E-state index in [1.54, 1.807) is 23.9 Å². The molecule has 1 aromatic heterocycles. The van der Waals surface area contributed by atoms with Gasteiger partial charge in [-0.05, 0) is 6.92 Å². The topological polar surface area (TPSA) is 75.3 Å². The Hall–Kier alpha value is -1.36. The summed E-state index contributed by atoms with van der Waals surface area (Å²) in [5, 5.41) is 17.7. The van der Waals surface area contributed by atoms with Crippen LogP contribution in [-0.4, -0.2) is 31.8 Å². The second kappa shape index (κ2) is 4.04. The van der Waals surface area contributed by atoms with Crippen LogP contribution in [0, 0.1) is 6.92 Å². The van der Waals surface area contributed by atoms with Crippen molar-refractivity contribution in [2.75, 3.05) is 0 Å². The van der Waals surface area contributed by atoms with Gasteiger partial charge < -0.3 is 14.8 Å². The zero-order valence-electron chi connectivity index (χ0n) is 7.34. The maximum absolute atomic E-state index is 10.2. The van der Waals surface area contributed by atoms with Crippen molar-refractivity contribution < 1.29 is 15.0 Å². The van der Waals surface area contributed by atoms with Crippen molar-refractivity contribution in [1.82, 2.24) is 9.55 Å². The fourth-order valence-corrected chi connectivity index (χ4v) is 1.09. The van der Waals surface area contributed by atoms with Gasteiger partial charge >= 0.3 is 5.97 Å². The van der Waals surface area contributed by atoms with Crippen LogP contribution in [0.1, 0.15) is 12.2 Å². The summed E-state index contributed by atoms with van der Waals surface area (Å²) in [6, 6.07) is 0. The number of imidazole rings is 1. The Labute approximate surface area is 75.6 Å². The van der Waals surface area contributed by atoms with Gasteiger partial charge in [0.15, 0.2) is 0 Å². The first-order valence-electron chi connectivity index (χ1n) is 3.97. The lowest BCUT2D eigenvalue weighted by atomic mass is 10.2. The summed E-state index contributed by atoms with van der Waals surface area (Å²) >= 11 is 0. The minimum atomic E-state index is -0.995. The molecule has 0 saturated heterocycles. The number of nitrogens with zero attached hydrogens (tertiary/aromatic N) is 2. The molecule has 0 saturated carbocycles. The molecule has 1 rings (SSSR count). The number of aliphatic hydroxyl groups excluding tert-OH is 1. The second-order valence-corrected chi connectivity index (χ2v) is 2.88. The first-order valence-corrected chi connectivity index (χ1v) is 3.97. The van der Waals surface area contributed by atoms with E-state index in [4.69, 9.17) is 5.11 Å². The maximum Gasteiger partial charge on any atom is 0.306 e. The molecule has 0 spiro atoms. The van der Waals surface area contributed by atoms with E-state index in [2.05, 4.69) is 4.98 Å². The maximum atomic E-state index is 10.2. The predicted molar refractivity (Wildman–Crippen MR) is 45.2 cm³/mol. The van der Waals surface area contributed by atoms with Crippen molar-refractivity contribution >= 4 is 5.97 Å². The number of carbonyl (C=O) groups is 1. The lowest BCUT2D eigenvalue weighted by molar-refractivity contribution is -0.139. The van der Waals surface area contributed by atoms with E-state index in [0.717, 1.165) is 5.82 Å². The van der Waals surface area contributed by atoms with Crippen molar-refractivity contribution in [3.8, 4) is 0 Å². The van der Waals surface area contributed by atoms with Gasteiger partial charge in [0.05, 0.1) is 19.1 Å². The Morgan fingerprint density at radius 3 is 2.92 bits per heavy atom. The van der Waals surface area contributed by atoms with E-state index in [9.17, 15) is 9.90 Å². The molecular weight excluding hydrogens is 172 g/mol. The lowest BCUT2D eigenvalue weighted by Crippen LogP contribution is -2.19. The number of carboxylic acids is 1. The molecule has 0 aliphatic rings. The second-order valence-electron chi connectivity index (χ2n) is 2.88. The van der Waals surface area contributed by atoms with Gasteiger partial charge in [-0.15, -0.1) is 0 Å². The van der Waals surface area contributed by atoms with E-state index >= 15 is 0 Å². The highest BCUT2D eigenvalue weighted by Crippen LogP contribution is 2.00. The SMILES string of the molecule is Cc1nccn1CC(O)CC(=O)O. The average Bonchev–Trinajstić information content (AvgIpc) is 2.34. The van der Waals surface area contributed by atoms with E-state index in [1.165, 1.54) is 0 Å². The number of carboxylic acid groups (broad SMARTS) is 1. The number of hydrogen-bond acceptors (Lipinski definition) is 3. The Bertz CT molecular complexity index is 295. The highest BCUT2D eigenvalue weighted by atomic mass is 16.4. The Balaban J connectivity index is 2.49. The predicted octanol–water partition coefficient (Wildman–Crippen LogP) is 0.0271. The minimum Gasteiger partial charge on any atom is -0.481 e. The van der Waals surface area contributed by atoms with Crippen LogP contribution in [0.25, 0.3) is 0 Å². The summed E-state index contributed by atoms with van der Waals surface area (Å²) in [5.74, 6) is -0.227. The summed E-state index contributed by atoms with van der Waals surface area (Å²) in [6.07, 6.45) is 2.23. The largest absolute Gasteiger partial charge is 0.481 e. The molecular formula is C8H12N2O3. The highest BCUT2D eigenvalue weighted by molar-refractivity contribution is 5.67. The lowest BCUT2D eigenvalue weighted by Gasteiger charge is -2.09. The highest BCUT2D eigenvalue weighted by Gasteiger charge is 2.10. The Morgan fingerprint density at radius 1 is 1.77 bits per heavy atom. The summed E-state index contributed by atoms with van der Waals surface area (Å²) < 4.78 is 1.72. The molecule has 2 N–H and O–H groups in total. The molecule has 13 heavy (non-hydrogen) atoms. The quantitative estimate of drug-likeness (QED) is 0.692. The van der Waals surface area contributed by atoms with E-state index in [-0.39, 0.29) is 13.0 Å². The van der Waals surface area contributed by atoms with Gasteiger partial charge in [0.1, 0.15) is 5.82 Å². The third-order valence-corrected chi connectivity index (χ3v) is 1.74. The summed E-state index contributed by atoms with van der Waals surface area (Å²) in [5.41, 5.74) is 0. The number of aliphatic hydroxyl groups is 1. The van der Waals surface area contributed by atoms with E-state index < -0.39 is 12.1 Å². The number of aromatic nitrogens is 2. The molecule has 5 nitrogen and oxygen atoms in total. The number of rotatable bonds is 4. The molecule has 0 aromatic carbocycles. The molecule has 0 amide bonds. The van der Waals surface area contributed by atoms with Crippen molar-refractivity contribution in [1.29, 1.82) is 0 Å². The van der Waals surface area contributed by atoms with Gasteiger partial charge in [-0.2, -0.15) is 0 Å². The normalized spacial score (nSPS) is 12.8. The molecule has 0 radical (unpaired) electrons. The molecule has 0 aliphatic carbocycles. The summed E-state index contributed by atoms with van der Waals surface area (Å²) in [4.78, 5) is 14.2. The number of aryl methyl sites for hydroxylation is 1. The molecule has 5 heteroatoms. The average molecular weight is 184 g/mol. The molecule has 0 fully saturated rings. The van der Waals surface area contributed by atoms with Crippen LogP contribution in [0.15, 0.2) is 12.4 Å². The third kappa shape index (κ3) is 2.87. The molecule has 72 valence electrons. The van der Waals surface area contributed by atoms with Crippen LogP contribution in [0.5, 0.6) is 0 Å². The van der Waals surface area contributed by atoms with Gasteiger partial charge in [0, 0.05) is 12.4 Å². The van der Waals surface area contributed by atoms with Crippen LogP contribution in [0.4, 0.5) is 0 Å². The van der Waals surface area contributed by atoms with Crippen LogP contribution in [-0.2, 0) is 11.3 Å². The molecule has 1 unspecified atom stereocenters. The number of aliphatic carboxylic acids is 1. The van der Waals surface area contributed by atoms with Crippen molar-refractivity contribution in [3.63, 3.8) is 0 Å².